The fraction of sp³-hybridized carbons (Fsp3) is 0. The monoisotopic (exact) mass is 122 g/mol. The number of rotatable bonds is 0. The fourth-order valence-corrected chi connectivity index (χ4v) is 0.401. The highest BCUT2D eigenvalue weighted by atomic mass is 16.2. The van der Waals surface area contributed by atoms with Crippen LogP contribution in [0.2, 0.25) is 0 Å². The molecule has 1 aromatic rings. The first-order valence-electron chi connectivity index (χ1n) is 2.41. The zero-order valence-corrected chi connectivity index (χ0v) is 5.15. The normalized spacial score (nSPS) is 6.67. The number of nitrogens with zero attached hydrogens (tertiary/aromatic N) is 2. The molecule has 1 rings (SSSR count). The molecule has 0 amide bonds. The van der Waals surface area contributed by atoms with Gasteiger partial charge < -0.3 is 5.02 Å². The average Bonchev–Trinajstić information content (AvgIpc) is 2.43. The third kappa shape index (κ3) is 2.57. The highest BCUT2D eigenvalue weighted by Gasteiger charge is 1.75. The molecule has 4 heteroatoms. The Bertz CT molecular complexity index is 177. The lowest BCUT2D eigenvalue weighted by atomic mass is 10.6. The number of aromatic nitrogens is 1. The fourth-order valence-electron chi connectivity index (χ4n) is 0.401. The van der Waals surface area contributed by atoms with Crippen LogP contribution in [-0.2, 0) is 0 Å². The molecule has 0 aliphatic rings. The molecular weight excluding hydrogens is 115 g/mol. The van der Waals surface area contributed by atoms with E-state index in [1.54, 1.807) is 12.4 Å². The van der Waals surface area contributed by atoms with Crippen LogP contribution in [0.25, 0.3) is 0 Å². The van der Waals surface area contributed by atoms with Crippen LogP contribution in [0.1, 0.15) is 0 Å². The minimum atomic E-state index is 1.00. The van der Waals surface area contributed by atoms with Crippen LogP contribution < -0.4 is 0 Å². The van der Waals surface area contributed by atoms with Crippen LogP contribution in [0.5, 0.6) is 0 Å². The minimum absolute atomic E-state index is 1.00. The number of nitriles is 1. The van der Waals surface area contributed by atoms with Crippen LogP contribution >= 0.6 is 0 Å². The molecule has 3 nitrogen and oxygen atoms in total. The van der Waals surface area contributed by atoms with Gasteiger partial charge in [0.05, 0.1) is 0 Å². The average molecular weight is 122 g/mol. The highest BCUT2D eigenvalue weighted by molar-refractivity contribution is 5.95. The maximum Gasteiger partial charge on any atom is 0.252 e. The first kappa shape index (κ1) is 7.79. The summed E-state index contributed by atoms with van der Waals surface area (Å²) in [5.74, 6) is 0. The van der Waals surface area contributed by atoms with E-state index in [1.807, 2.05) is 18.3 Å². The Labute approximate surface area is 54.6 Å². The standard InChI is InChI=1S/C5H4N2.BH3O/c6-5-7-3-1-2-4-7;1-2/h1-4H;2H,1H2. The lowest BCUT2D eigenvalue weighted by Crippen LogP contribution is -1.76. The van der Waals surface area contributed by atoms with Crippen molar-refractivity contribution in [3.63, 3.8) is 0 Å². The van der Waals surface area contributed by atoms with Gasteiger partial charge in [-0.2, -0.15) is 5.26 Å². The van der Waals surface area contributed by atoms with Crippen molar-refractivity contribution in [1.82, 2.24) is 4.57 Å². The second-order valence-electron chi connectivity index (χ2n) is 1.19. The molecule has 0 unspecified atom stereocenters. The van der Waals surface area contributed by atoms with Crippen molar-refractivity contribution >= 4 is 8.05 Å². The van der Waals surface area contributed by atoms with Gasteiger partial charge in [-0.05, 0) is 12.1 Å². The van der Waals surface area contributed by atoms with Crippen molar-refractivity contribution in [3.05, 3.63) is 24.5 Å². The van der Waals surface area contributed by atoms with Gasteiger partial charge in [-0.3, -0.25) is 4.57 Å². The summed E-state index contributed by atoms with van der Waals surface area (Å²) in [6.45, 7) is 0. The predicted molar refractivity (Wildman–Crippen MR) is 36.2 cm³/mol. The third-order valence-electron chi connectivity index (χ3n) is 0.720. The minimum Gasteiger partial charge on any atom is -0.458 e. The van der Waals surface area contributed by atoms with E-state index in [0.29, 0.717) is 0 Å². The van der Waals surface area contributed by atoms with Crippen LogP contribution in [-0.4, -0.2) is 17.6 Å². The Kier molecular flexibility index (Phi) is 4.28. The van der Waals surface area contributed by atoms with Crippen molar-refractivity contribution in [1.29, 1.82) is 5.26 Å². The van der Waals surface area contributed by atoms with E-state index in [9.17, 15) is 0 Å². The molecule has 0 aliphatic carbocycles. The second-order valence-corrected chi connectivity index (χ2v) is 1.19. The SMILES string of the molecule is BO.N#Cn1cccc1. The number of hydrogen-bond acceptors (Lipinski definition) is 2. The predicted octanol–water partition coefficient (Wildman–Crippen LogP) is -0.656. The van der Waals surface area contributed by atoms with Gasteiger partial charge in [0.25, 0.3) is 8.05 Å². The lowest BCUT2D eigenvalue weighted by molar-refractivity contribution is 0.629. The van der Waals surface area contributed by atoms with Crippen LogP contribution in [0, 0.1) is 11.5 Å². The van der Waals surface area contributed by atoms with Crippen LogP contribution in [0.15, 0.2) is 24.5 Å². The molecule has 9 heavy (non-hydrogen) atoms. The zero-order chi connectivity index (χ0) is 7.11. The molecule has 0 saturated heterocycles. The molecule has 1 heterocycles. The molecule has 1 aromatic heterocycles. The largest absolute Gasteiger partial charge is 0.458 e. The second kappa shape index (κ2) is 4.94. The smallest absolute Gasteiger partial charge is 0.252 e. The van der Waals surface area contributed by atoms with Crippen LogP contribution in [0.4, 0.5) is 0 Å². The summed E-state index contributed by atoms with van der Waals surface area (Å²) in [4.78, 5) is 0. The first-order chi connectivity index (χ1) is 4.43. The third-order valence-corrected chi connectivity index (χ3v) is 0.720. The molecule has 0 atom stereocenters. The summed E-state index contributed by atoms with van der Waals surface area (Å²) in [5, 5.41) is 15.1. The van der Waals surface area contributed by atoms with E-state index in [-0.39, 0.29) is 0 Å². The molecule has 0 aliphatic heterocycles. The van der Waals surface area contributed by atoms with E-state index in [2.05, 4.69) is 0 Å². The molecule has 0 aromatic carbocycles. The molecule has 46 valence electrons. The van der Waals surface area contributed by atoms with Gasteiger partial charge in [-0.15, -0.1) is 0 Å². The van der Waals surface area contributed by atoms with Crippen molar-refractivity contribution in [2.45, 2.75) is 0 Å². The van der Waals surface area contributed by atoms with Gasteiger partial charge in [-0.25, -0.2) is 0 Å². The summed E-state index contributed by atoms with van der Waals surface area (Å²) in [5.41, 5.74) is 0. The van der Waals surface area contributed by atoms with Crippen molar-refractivity contribution in [3.8, 4) is 6.19 Å². The Morgan fingerprint density at radius 1 is 1.33 bits per heavy atom. The summed E-state index contributed by atoms with van der Waals surface area (Å²) < 4.78 is 1.43. The Hall–Kier alpha value is -1.21. The summed E-state index contributed by atoms with van der Waals surface area (Å²) in [6, 6.07) is 3.62. The number of hydrogen-bond donors (Lipinski definition) is 1. The van der Waals surface area contributed by atoms with Crippen molar-refractivity contribution < 1.29 is 5.02 Å². The van der Waals surface area contributed by atoms with E-state index >= 15 is 0 Å². The lowest BCUT2D eigenvalue weighted by Gasteiger charge is -1.74. The van der Waals surface area contributed by atoms with Gasteiger partial charge >= 0.3 is 0 Å². The van der Waals surface area contributed by atoms with Crippen molar-refractivity contribution in [2.24, 2.45) is 0 Å². The molecule has 1 N–H and O–H groups in total. The quantitative estimate of drug-likeness (QED) is 0.464. The van der Waals surface area contributed by atoms with Gasteiger partial charge in [-0.1, -0.05) is 0 Å². The molecule has 0 saturated carbocycles. The van der Waals surface area contributed by atoms with Gasteiger partial charge in [0, 0.05) is 12.4 Å². The molecule has 0 radical (unpaired) electrons. The Balaban J connectivity index is 0.000000291. The van der Waals surface area contributed by atoms with E-state index in [0.717, 1.165) is 8.05 Å². The Morgan fingerprint density at radius 2 is 1.78 bits per heavy atom. The molecule has 0 fully saturated rings. The van der Waals surface area contributed by atoms with E-state index in [4.69, 9.17) is 10.3 Å². The summed E-state index contributed by atoms with van der Waals surface area (Å²) in [7, 11) is 1.00. The summed E-state index contributed by atoms with van der Waals surface area (Å²) >= 11 is 0. The maximum absolute atomic E-state index is 8.14. The molecule has 0 bridgehead atoms. The van der Waals surface area contributed by atoms with Gasteiger partial charge in [0.2, 0.25) is 0 Å². The maximum atomic E-state index is 8.14. The van der Waals surface area contributed by atoms with E-state index < -0.39 is 0 Å². The summed E-state index contributed by atoms with van der Waals surface area (Å²) in [6.07, 6.45) is 5.31. The zero-order valence-electron chi connectivity index (χ0n) is 5.15. The van der Waals surface area contributed by atoms with Crippen LogP contribution in [0.3, 0.4) is 0 Å². The van der Waals surface area contributed by atoms with Crippen molar-refractivity contribution in [2.75, 3.05) is 0 Å². The topological polar surface area (TPSA) is 48.9 Å². The Morgan fingerprint density at radius 3 is 2.00 bits per heavy atom. The molecular formula is C5H7BN2O. The van der Waals surface area contributed by atoms with E-state index in [1.165, 1.54) is 4.57 Å². The first-order valence-corrected chi connectivity index (χ1v) is 2.41. The highest BCUT2D eigenvalue weighted by Crippen LogP contribution is 1.82. The molecule has 0 spiro atoms. The van der Waals surface area contributed by atoms with Gasteiger partial charge in [0.1, 0.15) is 0 Å². The van der Waals surface area contributed by atoms with Gasteiger partial charge in [0.15, 0.2) is 6.19 Å².